The Morgan fingerprint density at radius 1 is 1.33 bits per heavy atom. The van der Waals surface area contributed by atoms with Crippen LogP contribution in [0, 0.1) is 24.6 Å². The summed E-state index contributed by atoms with van der Waals surface area (Å²) in [5.74, 6) is 1.30. The van der Waals surface area contributed by atoms with Crippen molar-refractivity contribution in [2.45, 2.75) is 46.1 Å². The van der Waals surface area contributed by atoms with E-state index >= 15 is 0 Å². The zero-order valence-corrected chi connectivity index (χ0v) is 11.7. The summed E-state index contributed by atoms with van der Waals surface area (Å²) in [5, 5.41) is 3.59. The van der Waals surface area contributed by atoms with Gasteiger partial charge in [0.2, 0.25) is 0 Å². The lowest BCUT2D eigenvalue weighted by atomic mass is 9.89. The molecule has 0 spiro atoms. The van der Waals surface area contributed by atoms with Crippen molar-refractivity contribution in [1.82, 2.24) is 5.32 Å². The second-order valence-corrected chi connectivity index (χ2v) is 5.69. The summed E-state index contributed by atoms with van der Waals surface area (Å²) in [4.78, 5) is 0. The van der Waals surface area contributed by atoms with Gasteiger partial charge in [-0.3, -0.25) is 0 Å². The Bertz CT molecular complexity index is 378. The third-order valence-electron chi connectivity index (χ3n) is 3.93. The topological polar surface area (TPSA) is 12.0 Å². The van der Waals surface area contributed by atoms with Crippen LogP contribution in [-0.4, -0.2) is 6.54 Å². The van der Waals surface area contributed by atoms with Crippen LogP contribution >= 0.6 is 0 Å². The molecule has 1 N–H and O–H groups in total. The van der Waals surface area contributed by atoms with Crippen molar-refractivity contribution in [3.63, 3.8) is 0 Å². The SMILES string of the molecule is CCCNC(c1cc(C)cc(F)c1)C(C)C1CC1. The molecule has 1 nitrogen and oxygen atoms in total. The van der Waals surface area contributed by atoms with Crippen molar-refractivity contribution in [3.8, 4) is 0 Å². The van der Waals surface area contributed by atoms with Crippen LogP contribution in [0.3, 0.4) is 0 Å². The fourth-order valence-corrected chi connectivity index (χ4v) is 2.75. The van der Waals surface area contributed by atoms with E-state index in [1.165, 1.54) is 12.8 Å². The molecule has 18 heavy (non-hydrogen) atoms. The molecule has 0 radical (unpaired) electrons. The van der Waals surface area contributed by atoms with Gasteiger partial charge in [0.1, 0.15) is 5.82 Å². The summed E-state index contributed by atoms with van der Waals surface area (Å²) < 4.78 is 13.6. The lowest BCUT2D eigenvalue weighted by molar-refractivity contribution is 0.348. The zero-order chi connectivity index (χ0) is 13.1. The molecule has 2 atom stereocenters. The average Bonchev–Trinajstić information content (AvgIpc) is 3.11. The monoisotopic (exact) mass is 249 g/mol. The molecule has 0 amide bonds. The lowest BCUT2D eigenvalue weighted by Crippen LogP contribution is -2.29. The van der Waals surface area contributed by atoms with Gasteiger partial charge in [0.05, 0.1) is 0 Å². The van der Waals surface area contributed by atoms with Crippen molar-refractivity contribution >= 4 is 0 Å². The molecule has 1 fully saturated rings. The maximum absolute atomic E-state index is 13.6. The Labute approximate surface area is 110 Å². The van der Waals surface area contributed by atoms with Crippen LogP contribution in [0.2, 0.25) is 0 Å². The highest BCUT2D eigenvalue weighted by Crippen LogP contribution is 2.42. The first-order chi connectivity index (χ1) is 8.61. The normalized spacial score (nSPS) is 18.7. The molecule has 2 heteroatoms. The molecule has 100 valence electrons. The van der Waals surface area contributed by atoms with Gasteiger partial charge in [-0.2, -0.15) is 0 Å². The number of halogens is 1. The van der Waals surface area contributed by atoms with Gasteiger partial charge in [0.25, 0.3) is 0 Å². The van der Waals surface area contributed by atoms with Crippen LogP contribution in [-0.2, 0) is 0 Å². The van der Waals surface area contributed by atoms with Gasteiger partial charge in [0.15, 0.2) is 0 Å². The number of nitrogens with one attached hydrogen (secondary N) is 1. The minimum Gasteiger partial charge on any atom is -0.310 e. The highest BCUT2D eigenvalue weighted by molar-refractivity contribution is 5.27. The minimum atomic E-state index is -0.115. The molecule has 0 aromatic heterocycles. The summed E-state index contributed by atoms with van der Waals surface area (Å²) in [7, 11) is 0. The molecule has 1 aromatic rings. The first-order valence-corrected chi connectivity index (χ1v) is 7.12. The second kappa shape index (κ2) is 5.83. The molecule has 1 aromatic carbocycles. The van der Waals surface area contributed by atoms with Gasteiger partial charge in [-0.25, -0.2) is 4.39 Å². The van der Waals surface area contributed by atoms with E-state index in [0.29, 0.717) is 12.0 Å². The summed E-state index contributed by atoms with van der Waals surface area (Å²) in [5.41, 5.74) is 2.12. The summed E-state index contributed by atoms with van der Waals surface area (Å²) in [6.45, 7) is 7.43. The van der Waals surface area contributed by atoms with Gasteiger partial charge < -0.3 is 5.32 Å². The van der Waals surface area contributed by atoms with Crippen LogP contribution in [0.15, 0.2) is 18.2 Å². The van der Waals surface area contributed by atoms with E-state index in [1.807, 2.05) is 6.92 Å². The molecular weight excluding hydrogens is 225 g/mol. The molecule has 1 saturated carbocycles. The van der Waals surface area contributed by atoms with E-state index < -0.39 is 0 Å². The molecule has 0 aliphatic heterocycles. The number of hydrogen-bond acceptors (Lipinski definition) is 1. The maximum Gasteiger partial charge on any atom is 0.123 e. The van der Waals surface area contributed by atoms with Crippen molar-refractivity contribution in [2.75, 3.05) is 6.54 Å². The zero-order valence-electron chi connectivity index (χ0n) is 11.7. The van der Waals surface area contributed by atoms with Gasteiger partial charge in [0, 0.05) is 6.04 Å². The van der Waals surface area contributed by atoms with E-state index in [9.17, 15) is 4.39 Å². The first kappa shape index (κ1) is 13.5. The molecule has 0 heterocycles. The van der Waals surface area contributed by atoms with Crippen LogP contribution in [0.4, 0.5) is 4.39 Å². The van der Waals surface area contributed by atoms with E-state index in [0.717, 1.165) is 30.0 Å². The third kappa shape index (κ3) is 3.32. The van der Waals surface area contributed by atoms with Crippen molar-refractivity contribution in [1.29, 1.82) is 0 Å². The quantitative estimate of drug-likeness (QED) is 0.796. The van der Waals surface area contributed by atoms with Crippen molar-refractivity contribution < 1.29 is 4.39 Å². The van der Waals surface area contributed by atoms with Gasteiger partial charge >= 0.3 is 0 Å². The number of benzene rings is 1. The predicted octanol–water partition coefficient (Wildman–Crippen LogP) is 4.22. The molecular formula is C16H24FN. The predicted molar refractivity (Wildman–Crippen MR) is 74.1 cm³/mol. The standard InChI is InChI=1S/C16H24FN/c1-4-7-18-16(12(3)13-5-6-13)14-8-11(2)9-15(17)10-14/h8-10,12-13,16,18H,4-7H2,1-3H3. The second-order valence-electron chi connectivity index (χ2n) is 5.69. The van der Waals surface area contributed by atoms with E-state index in [1.54, 1.807) is 12.1 Å². The van der Waals surface area contributed by atoms with Crippen molar-refractivity contribution in [2.24, 2.45) is 11.8 Å². The fraction of sp³-hybridized carbons (Fsp3) is 0.625. The highest BCUT2D eigenvalue weighted by Gasteiger charge is 2.33. The van der Waals surface area contributed by atoms with Crippen LogP contribution in [0.25, 0.3) is 0 Å². The summed E-state index contributed by atoms with van der Waals surface area (Å²) >= 11 is 0. The Kier molecular flexibility index (Phi) is 4.39. The third-order valence-corrected chi connectivity index (χ3v) is 3.93. The van der Waals surface area contributed by atoms with E-state index in [-0.39, 0.29) is 5.82 Å². The Morgan fingerprint density at radius 2 is 2.06 bits per heavy atom. The number of aryl methyl sites for hydroxylation is 1. The van der Waals surface area contributed by atoms with Gasteiger partial charge in [-0.05, 0) is 67.8 Å². The van der Waals surface area contributed by atoms with E-state index in [4.69, 9.17) is 0 Å². The maximum atomic E-state index is 13.6. The fourth-order valence-electron chi connectivity index (χ4n) is 2.75. The lowest BCUT2D eigenvalue weighted by Gasteiger charge is -2.26. The van der Waals surface area contributed by atoms with E-state index in [2.05, 4.69) is 25.2 Å². The molecule has 1 aliphatic rings. The van der Waals surface area contributed by atoms with Crippen LogP contribution in [0.5, 0.6) is 0 Å². The molecule has 1 aliphatic carbocycles. The molecule has 2 unspecified atom stereocenters. The summed E-state index contributed by atoms with van der Waals surface area (Å²) in [6, 6.07) is 5.71. The van der Waals surface area contributed by atoms with Crippen LogP contribution < -0.4 is 5.32 Å². The summed E-state index contributed by atoms with van der Waals surface area (Å²) in [6.07, 6.45) is 3.78. The Balaban J connectivity index is 2.20. The number of rotatable bonds is 6. The van der Waals surface area contributed by atoms with Crippen molar-refractivity contribution in [3.05, 3.63) is 35.1 Å². The molecule has 2 rings (SSSR count). The van der Waals surface area contributed by atoms with Gasteiger partial charge in [-0.1, -0.05) is 19.9 Å². The first-order valence-electron chi connectivity index (χ1n) is 7.12. The largest absolute Gasteiger partial charge is 0.310 e. The smallest absolute Gasteiger partial charge is 0.123 e. The minimum absolute atomic E-state index is 0.115. The number of hydrogen-bond donors (Lipinski definition) is 1. The Hall–Kier alpha value is -0.890. The Morgan fingerprint density at radius 3 is 2.61 bits per heavy atom. The average molecular weight is 249 g/mol. The van der Waals surface area contributed by atoms with Gasteiger partial charge in [-0.15, -0.1) is 0 Å². The highest BCUT2D eigenvalue weighted by atomic mass is 19.1. The van der Waals surface area contributed by atoms with Crippen LogP contribution in [0.1, 0.15) is 50.3 Å². The molecule has 0 saturated heterocycles. The molecule has 0 bridgehead atoms.